The molecule has 1 saturated carbocycles. The highest BCUT2D eigenvalue weighted by Gasteiger charge is 2.40. The standard InChI is InChI=1S/C23H37O5P/c1-4-27-29(26,28-5-2)21(15-19-11-7-6-8-12-19)16-23(25)18(3)22(17-24)20-13-9-10-14-20/h6-8,11-12,18,20-22,24H,4-5,9-10,13-17H2,1-3H3/t18-,21?,22+/m0/s1. The average Bonchev–Trinajstić information content (AvgIpc) is 3.23. The van der Waals surface area contributed by atoms with Gasteiger partial charge >= 0.3 is 7.60 Å². The Kier molecular flexibility index (Phi) is 10.0. The highest BCUT2D eigenvalue weighted by atomic mass is 31.2. The number of ketones is 1. The molecule has 0 heterocycles. The van der Waals surface area contributed by atoms with E-state index in [1.807, 2.05) is 37.3 Å². The molecule has 0 saturated heterocycles. The maximum absolute atomic E-state index is 13.5. The Balaban J connectivity index is 2.20. The first-order chi connectivity index (χ1) is 13.9. The lowest BCUT2D eigenvalue weighted by atomic mass is 9.79. The van der Waals surface area contributed by atoms with Crippen LogP contribution in [0.3, 0.4) is 0 Å². The Hall–Kier alpha value is -1.00. The number of aliphatic hydroxyl groups is 1. The predicted molar refractivity (Wildman–Crippen MR) is 116 cm³/mol. The summed E-state index contributed by atoms with van der Waals surface area (Å²) in [5.74, 6) is 0.146. The van der Waals surface area contributed by atoms with Gasteiger partial charge in [-0.05, 0) is 37.7 Å². The van der Waals surface area contributed by atoms with E-state index in [0.717, 1.165) is 18.4 Å². The van der Waals surface area contributed by atoms with Crippen LogP contribution in [0.4, 0.5) is 0 Å². The van der Waals surface area contributed by atoms with Crippen LogP contribution < -0.4 is 0 Å². The minimum atomic E-state index is -3.44. The van der Waals surface area contributed by atoms with Crippen LogP contribution in [-0.2, 0) is 24.8 Å². The van der Waals surface area contributed by atoms with E-state index >= 15 is 0 Å². The third-order valence-electron chi connectivity index (χ3n) is 6.18. The summed E-state index contributed by atoms with van der Waals surface area (Å²) in [5.41, 5.74) is 0.481. The first-order valence-corrected chi connectivity index (χ1v) is 12.6. The van der Waals surface area contributed by atoms with Crippen molar-refractivity contribution < 1.29 is 23.5 Å². The molecule has 1 aromatic rings. The average molecular weight is 425 g/mol. The summed E-state index contributed by atoms with van der Waals surface area (Å²) in [7, 11) is -3.44. The van der Waals surface area contributed by atoms with Crippen LogP contribution in [0.2, 0.25) is 0 Å². The van der Waals surface area contributed by atoms with Gasteiger partial charge in [-0.3, -0.25) is 9.36 Å². The summed E-state index contributed by atoms with van der Waals surface area (Å²) in [4.78, 5) is 13.2. The van der Waals surface area contributed by atoms with E-state index in [1.54, 1.807) is 13.8 Å². The molecule has 5 nitrogen and oxygen atoms in total. The zero-order chi connectivity index (χ0) is 21.3. The van der Waals surface area contributed by atoms with Gasteiger partial charge in [0.1, 0.15) is 5.78 Å². The number of Topliss-reactive ketones (excluding diaryl/α,β-unsaturated/α-hetero) is 1. The van der Waals surface area contributed by atoms with Crippen molar-refractivity contribution in [2.75, 3.05) is 19.8 Å². The van der Waals surface area contributed by atoms with Crippen molar-refractivity contribution in [3.05, 3.63) is 35.9 Å². The molecule has 1 aliphatic carbocycles. The number of rotatable bonds is 13. The molecule has 0 aliphatic heterocycles. The van der Waals surface area contributed by atoms with Gasteiger partial charge in [-0.2, -0.15) is 0 Å². The van der Waals surface area contributed by atoms with Gasteiger partial charge in [0.25, 0.3) is 0 Å². The van der Waals surface area contributed by atoms with E-state index in [0.29, 0.717) is 12.3 Å². The van der Waals surface area contributed by atoms with Crippen LogP contribution in [0.25, 0.3) is 0 Å². The Morgan fingerprint density at radius 2 is 1.72 bits per heavy atom. The molecule has 2 rings (SSSR count). The highest BCUT2D eigenvalue weighted by Crippen LogP contribution is 2.55. The van der Waals surface area contributed by atoms with Crippen molar-refractivity contribution in [2.24, 2.45) is 17.8 Å². The number of hydrogen-bond acceptors (Lipinski definition) is 5. The zero-order valence-electron chi connectivity index (χ0n) is 18.1. The molecule has 1 unspecified atom stereocenters. The smallest absolute Gasteiger partial charge is 0.334 e. The molecular weight excluding hydrogens is 387 g/mol. The Morgan fingerprint density at radius 1 is 1.14 bits per heavy atom. The largest absolute Gasteiger partial charge is 0.396 e. The summed E-state index contributed by atoms with van der Waals surface area (Å²) in [6, 6.07) is 9.75. The third kappa shape index (κ3) is 6.75. The van der Waals surface area contributed by atoms with Crippen LogP contribution in [0.1, 0.15) is 58.4 Å². The normalized spacial score (nSPS) is 18.5. The summed E-state index contributed by atoms with van der Waals surface area (Å²) in [5, 5.41) is 9.95. The Bertz CT molecular complexity index is 646. The molecule has 0 amide bonds. The lowest BCUT2D eigenvalue weighted by Crippen LogP contribution is -2.32. The van der Waals surface area contributed by atoms with Gasteiger partial charge in [0.2, 0.25) is 0 Å². The van der Waals surface area contributed by atoms with Crippen molar-refractivity contribution in [1.29, 1.82) is 0 Å². The molecule has 1 aliphatic rings. The Morgan fingerprint density at radius 3 is 2.24 bits per heavy atom. The van der Waals surface area contributed by atoms with Crippen molar-refractivity contribution in [3.8, 4) is 0 Å². The van der Waals surface area contributed by atoms with Gasteiger partial charge in [-0.15, -0.1) is 0 Å². The topological polar surface area (TPSA) is 72.8 Å². The molecule has 0 spiro atoms. The van der Waals surface area contributed by atoms with Crippen molar-refractivity contribution in [1.82, 2.24) is 0 Å². The summed E-state index contributed by atoms with van der Waals surface area (Å²) < 4.78 is 24.7. The minimum Gasteiger partial charge on any atom is -0.396 e. The summed E-state index contributed by atoms with van der Waals surface area (Å²) in [6.07, 6.45) is 5.09. The fourth-order valence-electron chi connectivity index (χ4n) is 4.55. The van der Waals surface area contributed by atoms with Crippen molar-refractivity contribution in [2.45, 2.75) is 65.0 Å². The van der Waals surface area contributed by atoms with E-state index < -0.39 is 13.3 Å². The fourth-order valence-corrected chi connectivity index (χ4v) is 6.60. The molecule has 0 radical (unpaired) electrons. The van der Waals surface area contributed by atoms with Crippen LogP contribution in [0, 0.1) is 17.8 Å². The number of carbonyl (C=O) groups is 1. The molecule has 1 fully saturated rings. The quantitative estimate of drug-likeness (QED) is 0.438. The molecule has 1 aromatic carbocycles. The van der Waals surface area contributed by atoms with Gasteiger partial charge in [-0.25, -0.2) is 0 Å². The van der Waals surface area contributed by atoms with Gasteiger partial charge in [0, 0.05) is 18.9 Å². The first kappa shape index (κ1) is 24.3. The van der Waals surface area contributed by atoms with Gasteiger partial charge in [0.05, 0.1) is 18.9 Å². The second-order valence-electron chi connectivity index (χ2n) is 8.07. The van der Waals surface area contributed by atoms with Crippen LogP contribution in [0.5, 0.6) is 0 Å². The first-order valence-electron chi connectivity index (χ1n) is 11.0. The van der Waals surface area contributed by atoms with Crippen LogP contribution >= 0.6 is 7.60 Å². The van der Waals surface area contributed by atoms with Gasteiger partial charge < -0.3 is 14.2 Å². The summed E-state index contributed by atoms with van der Waals surface area (Å²) >= 11 is 0. The Labute approximate surface area is 175 Å². The van der Waals surface area contributed by atoms with Gasteiger partial charge in [-0.1, -0.05) is 62.9 Å². The molecule has 0 bridgehead atoms. The van der Waals surface area contributed by atoms with E-state index in [2.05, 4.69) is 0 Å². The van der Waals surface area contributed by atoms with E-state index in [4.69, 9.17) is 9.05 Å². The van der Waals surface area contributed by atoms with Crippen LogP contribution in [0.15, 0.2) is 30.3 Å². The highest BCUT2D eigenvalue weighted by molar-refractivity contribution is 7.54. The molecular formula is C23H37O5P. The SMILES string of the molecule is CCOP(=O)(OCC)C(CC(=O)[C@@H](C)[C@@H](CO)C1CCCC1)Cc1ccccc1. The molecule has 29 heavy (non-hydrogen) atoms. The van der Waals surface area contributed by atoms with E-state index in [9.17, 15) is 14.5 Å². The lowest BCUT2D eigenvalue weighted by molar-refractivity contribution is -0.125. The zero-order valence-corrected chi connectivity index (χ0v) is 19.0. The number of hydrogen-bond donors (Lipinski definition) is 1. The van der Waals surface area contributed by atoms with Crippen molar-refractivity contribution >= 4 is 13.4 Å². The molecule has 6 heteroatoms. The predicted octanol–water partition coefficient (Wildman–Crippen LogP) is 5.26. The second kappa shape index (κ2) is 12.0. The van der Waals surface area contributed by atoms with Gasteiger partial charge in [0.15, 0.2) is 0 Å². The molecule has 0 aromatic heterocycles. The maximum Gasteiger partial charge on any atom is 0.334 e. The fraction of sp³-hybridized carbons (Fsp3) is 0.696. The molecule has 3 atom stereocenters. The lowest BCUT2D eigenvalue weighted by Gasteiger charge is -2.30. The monoisotopic (exact) mass is 424 g/mol. The number of benzene rings is 1. The van der Waals surface area contributed by atoms with Crippen molar-refractivity contribution in [3.63, 3.8) is 0 Å². The third-order valence-corrected chi connectivity index (χ3v) is 8.68. The van der Waals surface area contributed by atoms with Crippen LogP contribution in [-0.4, -0.2) is 36.4 Å². The number of aliphatic hydroxyl groups excluding tert-OH is 1. The maximum atomic E-state index is 13.5. The molecule has 164 valence electrons. The number of carbonyl (C=O) groups excluding carboxylic acids is 1. The summed E-state index contributed by atoms with van der Waals surface area (Å²) in [6.45, 7) is 6.05. The van der Waals surface area contributed by atoms with E-state index in [1.165, 1.54) is 12.8 Å². The second-order valence-corrected chi connectivity index (χ2v) is 10.4. The van der Waals surface area contributed by atoms with E-state index in [-0.39, 0.29) is 43.9 Å². The molecule has 1 N–H and O–H groups in total. The minimum absolute atomic E-state index is 0.0233.